The van der Waals surface area contributed by atoms with E-state index >= 15 is 0 Å². The molecule has 1 saturated carbocycles. The first-order chi connectivity index (χ1) is 17.1. The van der Waals surface area contributed by atoms with E-state index in [1.165, 1.54) is 12.1 Å². The second-order valence-electron chi connectivity index (χ2n) is 10.1. The number of hydrogen-bond donors (Lipinski definition) is 1. The van der Waals surface area contributed by atoms with E-state index in [4.69, 9.17) is 21.7 Å². The number of thiophene rings is 1. The number of amides is 1. The Morgan fingerprint density at radius 2 is 1.94 bits per heavy atom. The molecule has 4 aromatic rings. The average Bonchev–Trinajstić information content (AvgIpc) is 3.46. The van der Waals surface area contributed by atoms with Crippen molar-refractivity contribution in [1.82, 2.24) is 19.7 Å². The van der Waals surface area contributed by atoms with Crippen LogP contribution in [0.1, 0.15) is 55.7 Å². The van der Waals surface area contributed by atoms with Crippen LogP contribution in [0, 0.1) is 21.4 Å². The number of halogens is 1. The molecule has 11 heteroatoms. The Bertz CT molecular complexity index is 1460. The number of anilines is 1. The Morgan fingerprint density at radius 1 is 1.19 bits per heavy atom. The molecule has 0 radical (unpaired) electrons. The van der Waals surface area contributed by atoms with Gasteiger partial charge in [0.2, 0.25) is 0 Å². The molecule has 1 aliphatic carbocycles. The van der Waals surface area contributed by atoms with Gasteiger partial charge < -0.3 is 5.32 Å². The van der Waals surface area contributed by atoms with Crippen LogP contribution in [0.4, 0.5) is 10.8 Å². The van der Waals surface area contributed by atoms with Gasteiger partial charge >= 0.3 is 5.00 Å². The molecule has 186 valence electrons. The molecule has 1 fully saturated rings. The van der Waals surface area contributed by atoms with Gasteiger partial charge in [-0.25, -0.2) is 14.6 Å². The molecule has 1 amide bonds. The summed E-state index contributed by atoms with van der Waals surface area (Å²) >= 11 is 6.89. The zero-order chi connectivity index (χ0) is 25.6. The number of nitrogens with one attached hydrogen (secondary N) is 1. The van der Waals surface area contributed by atoms with Crippen molar-refractivity contribution >= 4 is 50.7 Å². The van der Waals surface area contributed by atoms with Gasteiger partial charge in [0.15, 0.2) is 11.5 Å². The van der Waals surface area contributed by atoms with E-state index in [0.29, 0.717) is 33.6 Å². The van der Waals surface area contributed by atoms with E-state index in [1.54, 1.807) is 18.3 Å². The van der Waals surface area contributed by atoms with Crippen molar-refractivity contribution in [2.75, 3.05) is 5.32 Å². The summed E-state index contributed by atoms with van der Waals surface area (Å²) in [5.74, 6) is 0.802. The smallest absolute Gasteiger partial charge is 0.305 e. The molecule has 5 rings (SSSR count). The van der Waals surface area contributed by atoms with Gasteiger partial charge in [0.25, 0.3) is 5.91 Å². The standard InChI is InChI=1S/C25H25ClN6O3S/c1-14-10-17(12-25(2,3)11-14)31-23-18(13-27-31)22(28-21(29-23)15-4-6-16(26)7-5-15)30-24(33)19-8-9-20(36-19)32(34)35/h4-9,13-14,17H,10-12H2,1-3H3,(H,28,29,30,33)/t14-,17-/m1/s1. The third-order valence-electron chi connectivity index (χ3n) is 6.49. The van der Waals surface area contributed by atoms with Gasteiger partial charge in [-0.2, -0.15) is 5.10 Å². The van der Waals surface area contributed by atoms with E-state index in [-0.39, 0.29) is 21.3 Å². The maximum Gasteiger partial charge on any atom is 0.324 e. The first kappa shape index (κ1) is 24.3. The second kappa shape index (κ2) is 9.25. The summed E-state index contributed by atoms with van der Waals surface area (Å²) in [5.41, 5.74) is 1.56. The van der Waals surface area contributed by atoms with Crippen LogP contribution >= 0.6 is 22.9 Å². The van der Waals surface area contributed by atoms with E-state index in [2.05, 4.69) is 31.1 Å². The molecule has 3 aromatic heterocycles. The average molecular weight is 525 g/mol. The summed E-state index contributed by atoms with van der Waals surface area (Å²) in [5, 5.41) is 19.7. The molecule has 9 nitrogen and oxygen atoms in total. The first-order valence-electron chi connectivity index (χ1n) is 11.7. The zero-order valence-electron chi connectivity index (χ0n) is 20.1. The number of hydrogen-bond acceptors (Lipinski definition) is 7. The third-order valence-corrected chi connectivity index (χ3v) is 7.78. The van der Waals surface area contributed by atoms with Crippen LogP contribution < -0.4 is 5.32 Å². The molecule has 0 unspecified atom stereocenters. The summed E-state index contributed by atoms with van der Waals surface area (Å²) in [7, 11) is 0. The quantitative estimate of drug-likeness (QED) is 0.228. The fourth-order valence-electron chi connectivity index (χ4n) is 5.22. The number of nitro groups is 1. The molecular weight excluding hydrogens is 500 g/mol. The van der Waals surface area contributed by atoms with Gasteiger partial charge in [-0.05, 0) is 60.9 Å². The summed E-state index contributed by atoms with van der Waals surface area (Å²) in [6.45, 7) is 6.82. The molecule has 1 N–H and O–H groups in total. The maximum absolute atomic E-state index is 13.0. The number of fused-ring (bicyclic) bond motifs is 1. The van der Waals surface area contributed by atoms with Crippen LogP contribution in [0.5, 0.6) is 0 Å². The molecule has 2 atom stereocenters. The number of rotatable bonds is 5. The van der Waals surface area contributed by atoms with E-state index in [0.717, 1.165) is 36.2 Å². The predicted molar refractivity (Wildman–Crippen MR) is 141 cm³/mol. The largest absolute Gasteiger partial charge is 0.324 e. The lowest BCUT2D eigenvalue weighted by Crippen LogP contribution is -2.30. The highest BCUT2D eigenvalue weighted by atomic mass is 35.5. The lowest BCUT2D eigenvalue weighted by molar-refractivity contribution is -0.380. The zero-order valence-corrected chi connectivity index (χ0v) is 21.6. The van der Waals surface area contributed by atoms with Crippen LogP contribution in [-0.2, 0) is 0 Å². The SMILES string of the molecule is C[C@@H]1C[C@@H](n2ncc3c(NC(=O)c4ccc([N+](=O)[O-])s4)nc(-c4ccc(Cl)cc4)nc32)CC(C)(C)C1. The third kappa shape index (κ3) is 4.83. The van der Waals surface area contributed by atoms with Crippen molar-refractivity contribution in [2.45, 2.75) is 46.1 Å². The number of carbonyl (C=O) groups is 1. The maximum atomic E-state index is 13.0. The topological polar surface area (TPSA) is 116 Å². The Hall–Kier alpha value is -3.37. The molecule has 0 aliphatic heterocycles. The van der Waals surface area contributed by atoms with Crippen molar-refractivity contribution in [3.63, 3.8) is 0 Å². The van der Waals surface area contributed by atoms with E-state index in [9.17, 15) is 14.9 Å². The molecular formula is C25H25ClN6O3S. The number of benzene rings is 1. The predicted octanol–water partition coefficient (Wildman–Crippen LogP) is 6.76. The molecule has 3 heterocycles. The van der Waals surface area contributed by atoms with Gasteiger partial charge in [-0.15, -0.1) is 0 Å². The Morgan fingerprint density at radius 3 is 2.61 bits per heavy atom. The van der Waals surface area contributed by atoms with Crippen LogP contribution in [-0.4, -0.2) is 30.6 Å². The highest BCUT2D eigenvalue weighted by molar-refractivity contribution is 7.17. The normalized spacial score (nSPS) is 19.3. The highest BCUT2D eigenvalue weighted by Gasteiger charge is 2.34. The van der Waals surface area contributed by atoms with Gasteiger partial charge in [0.1, 0.15) is 5.82 Å². The van der Waals surface area contributed by atoms with Crippen LogP contribution in [0.2, 0.25) is 5.02 Å². The lowest BCUT2D eigenvalue weighted by atomic mass is 9.70. The van der Waals surface area contributed by atoms with E-state index in [1.807, 2.05) is 16.8 Å². The number of carbonyl (C=O) groups excluding carboxylic acids is 1. The summed E-state index contributed by atoms with van der Waals surface area (Å²) in [6.07, 6.45) is 4.79. The lowest BCUT2D eigenvalue weighted by Gasteiger charge is -2.39. The minimum Gasteiger partial charge on any atom is -0.305 e. The highest BCUT2D eigenvalue weighted by Crippen LogP contribution is 2.44. The molecule has 0 spiro atoms. The monoisotopic (exact) mass is 524 g/mol. The van der Waals surface area contributed by atoms with Crippen LogP contribution in [0.25, 0.3) is 22.4 Å². The molecule has 0 saturated heterocycles. The van der Waals surface area contributed by atoms with Crippen LogP contribution in [0.3, 0.4) is 0 Å². The molecule has 1 aromatic carbocycles. The summed E-state index contributed by atoms with van der Waals surface area (Å²) in [4.78, 5) is 33.3. The van der Waals surface area contributed by atoms with Gasteiger partial charge in [0.05, 0.1) is 27.4 Å². The Labute approximate surface area is 216 Å². The minimum absolute atomic E-state index is 0.100. The fraction of sp³-hybridized carbons (Fsp3) is 0.360. The molecule has 36 heavy (non-hydrogen) atoms. The van der Waals surface area contributed by atoms with Crippen molar-refractivity contribution in [3.05, 3.63) is 62.6 Å². The van der Waals surface area contributed by atoms with Gasteiger partial charge in [0, 0.05) is 16.7 Å². The number of nitrogens with zero attached hydrogens (tertiary/aromatic N) is 5. The van der Waals surface area contributed by atoms with Crippen LogP contribution in [0.15, 0.2) is 42.6 Å². The van der Waals surface area contributed by atoms with E-state index < -0.39 is 10.8 Å². The van der Waals surface area contributed by atoms with Crippen molar-refractivity contribution in [3.8, 4) is 11.4 Å². The first-order valence-corrected chi connectivity index (χ1v) is 12.9. The Kier molecular flexibility index (Phi) is 6.25. The van der Waals surface area contributed by atoms with Crippen molar-refractivity contribution in [2.24, 2.45) is 11.3 Å². The second-order valence-corrected chi connectivity index (χ2v) is 11.6. The summed E-state index contributed by atoms with van der Waals surface area (Å²) in [6, 6.07) is 10.1. The molecule has 1 aliphatic rings. The van der Waals surface area contributed by atoms with Gasteiger partial charge in [-0.3, -0.25) is 14.9 Å². The van der Waals surface area contributed by atoms with Crippen molar-refractivity contribution in [1.29, 1.82) is 0 Å². The fourth-order valence-corrected chi connectivity index (χ4v) is 6.06. The number of aromatic nitrogens is 4. The van der Waals surface area contributed by atoms with Gasteiger partial charge in [-0.1, -0.05) is 43.7 Å². The van der Waals surface area contributed by atoms with Crippen molar-refractivity contribution < 1.29 is 9.72 Å². The summed E-state index contributed by atoms with van der Waals surface area (Å²) < 4.78 is 1.96. The minimum atomic E-state index is -0.514. The molecule has 0 bridgehead atoms. The Balaban J connectivity index is 1.59.